The number of rotatable bonds is 2. The highest BCUT2D eigenvalue weighted by atomic mass is 19.1. The molecule has 0 bridgehead atoms. The zero-order valence-corrected chi connectivity index (χ0v) is 8.85. The van der Waals surface area contributed by atoms with Crippen molar-refractivity contribution in [2.45, 2.75) is 0 Å². The molecule has 2 N–H and O–H groups in total. The molecule has 2 aromatic heterocycles. The number of halogens is 1. The quantitative estimate of drug-likeness (QED) is 0.723. The minimum absolute atomic E-state index is 0.111. The number of nitrogens with zero attached hydrogens (tertiary/aromatic N) is 2. The molecule has 1 aromatic carbocycles. The van der Waals surface area contributed by atoms with Crippen LogP contribution in [0.4, 0.5) is 4.39 Å². The Kier molecular flexibility index (Phi) is 2.12. The summed E-state index contributed by atoms with van der Waals surface area (Å²) in [6.45, 7) is 0. The molecule has 0 aliphatic rings. The molecule has 0 saturated carbocycles. The minimum Gasteiger partial charge on any atom is -0.476 e. The second-order valence-corrected chi connectivity index (χ2v) is 3.66. The van der Waals surface area contributed by atoms with Gasteiger partial charge in [0.25, 0.3) is 0 Å². The van der Waals surface area contributed by atoms with E-state index in [-0.39, 0.29) is 17.2 Å². The predicted octanol–water partition coefficient (Wildman–Crippen LogP) is 2.06. The van der Waals surface area contributed by atoms with Crippen LogP contribution in [0.3, 0.4) is 0 Å². The summed E-state index contributed by atoms with van der Waals surface area (Å²) < 4.78 is 17.5. The number of hydrogen-bond donors (Lipinski definition) is 2. The van der Waals surface area contributed by atoms with E-state index in [0.29, 0.717) is 16.5 Å². The Balaban J connectivity index is 2.26. The van der Waals surface area contributed by atoms with Crippen molar-refractivity contribution in [3.05, 3.63) is 35.9 Å². The normalized spacial score (nSPS) is 10.9. The van der Waals surface area contributed by atoms with Crippen molar-refractivity contribution in [2.24, 2.45) is 0 Å². The fourth-order valence-corrected chi connectivity index (χ4v) is 1.80. The summed E-state index contributed by atoms with van der Waals surface area (Å²) in [5.41, 5.74) is 0.883. The van der Waals surface area contributed by atoms with Crippen LogP contribution in [-0.2, 0) is 0 Å². The molecule has 0 spiro atoms. The molecule has 0 atom stereocenters. The van der Waals surface area contributed by atoms with E-state index >= 15 is 0 Å². The van der Waals surface area contributed by atoms with Gasteiger partial charge in [-0.2, -0.15) is 0 Å². The Hall–Kier alpha value is -2.70. The van der Waals surface area contributed by atoms with Crippen molar-refractivity contribution in [1.29, 1.82) is 0 Å². The number of fused-ring (bicyclic) bond motifs is 1. The van der Waals surface area contributed by atoms with Crippen LogP contribution in [0.15, 0.2) is 29.0 Å². The zero-order chi connectivity index (χ0) is 12.7. The summed E-state index contributed by atoms with van der Waals surface area (Å²) in [6.07, 6.45) is 1.54. The van der Waals surface area contributed by atoms with Crippen molar-refractivity contribution in [3.63, 3.8) is 0 Å². The van der Waals surface area contributed by atoms with Crippen LogP contribution >= 0.6 is 0 Å². The largest absolute Gasteiger partial charge is 0.476 e. The van der Waals surface area contributed by atoms with Crippen molar-refractivity contribution < 1.29 is 18.9 Å². The van der Waals surface area contributed by atoms with Gasteiger partial charge >= 0.3 is 5.97 Å². The van der Waals surface area contributed by atoms with E-state index in [1.807, 2.05) is 0 Å². The van der Waals surface area contributed by atoms with Gasteiger partial charge in [0.05, 0.1) is 0 Å². The first kappa shape index (κ1) is 10.5. The minimum atomic E-state index is -1.23. The molecule has 3 rings (SSSR count). The van der Waals surface area contributed by atoms with Gasteiger partial charge in [0.2, 0.25) is 5.69 Å². The first-order chi connectivity index (χ1) is 8.66. The highest BCUT2D eigenvalue weighted by molar-refractivity contribution is 6.00. The van der Waals surface area contributed by atoms with Crippen molar-refractivity contribution in [3.8, 4) is 11.3 Å². The number of aromatic carboxylic acids is 1. The van der Waals surface area contributed by atoms with Crippen LogP contribution in [0.25, 0.3) is 22.2 Å². The molecule has 2 heterocycles. The molecular formula is C11H6FN3O3. The van der Waals surface area contributed by atoms with E-state index < -0.39 is 5.97 Å². The molecule has 7 heteroatoms. The molecule has 3 aromatic rings. The Morgan fingerprint density at radius 2 is 2.22 bits per heavy atom. The Morgan fingerprint density at radius 1 is 1.39 bits per heavy atom. The summed E-state index contributed by atoms with van der Waals surface area (Å²) in [5, 5.41) is 16.5. The number of aromatic amines is 1. The van der Waals surface area contributed by atoms with E-state index in [2.05, 4.69) is 19.9 Å². The highest BCUT2D eigenvalue weighted by Gasteiger charge is 2.21. The number of benzene rings is 1. The lowest BCUT2D eigenvalue weighted by molar-refractivity contribution is 0.0685. The van der Waals surface area contributed by atoms with Gasteiger partial charge in [-0.15, -0.1) is 0 Å². The molecule has 0 unspecified atom stereocenters. The average Bonchev–Trinajstić information content (AvgIpc) is 2.92. The number of carbonyl (C=O) groups is 1. The fraction of sp³-hybridized carbons (Fsp3) is 0. The van der Waals surface area contributed by atoms with E-state index in [4.69, 9.17) is 5.11 Å². The summed E-state index contributed by atoms with van der Waals surface area (Å²) in [7, 11) is 0. The van der Waals surface area contributed by atoms with E-state index in [1.54, 1.807) is 0 Å². The van der Waals surface area contributed by atoms with E-state index in [1.165, 1.54) is 24.4 Å². The van der Waals surface area contributed by atoms with Gasteiger partial charge < -0.3 is 10.1 Å². The van der Waals surface area contributed by atoms with Crippen LogP contribution in [0.1, 0.15) is 10.5 Å². The van der Waals surface area contributed by atoms with Crippen molar-refractivity contribution in [2.75, 3.05) is 0 Å². The fourth-order valence-electron chi connectivity index (χ4n) is 1.80. The third-order valence-electron chi connectivity index (χ3n) is 2.59. The van der Waals surface area contributed by atoms with Gasteiger partial charge in [0, 0.05) is 22.7 Å². The number of hydrogen-bond acceptors (Lipinski definition) is 4. The topological polar surface area (TPSA) is 92.0 Å². The van der Waals surface area contributed by atoms with Gasteiger partial charge in [-0.1, -0.05) is 0 Å². The lowest BCUT2D eigenvalue weighted by Gasteiger charge is -1.94. The first-order valence-corrected chi connectivity index (χ1v) is 4.99. The predicted molar refractivity (Wildman–Crippen MR) is 58.5 cm³/mol. The number of nitrogens with one attached hydrogen (secondary N) is 1. The van der Waals surface area contributed by atoms with Gasteiger partial charge in [0.15, 0.2) is 5.69 Å². The zero-order valence-electron chi connectivity index (χ0n) is 8.85. The maximum absolute atomic E-state index is 13.0. The highest BCUT2D eigenvalue weighted by Crippen LogP contribution is 2.29. The van der Waals surface area contributed by atoms with Crippen LogP contribution in [0, 0.1) is 5.82 Å². The van der Waals surface area contributed by atoms with Gasteiger partial charge in [-0.05, 0) is 28.5 Å². The van der Waals surface area contributed by atoms with E-state index in [9.17, 15) is 9.18 Å². The average molecular weight is 247 g/mol. The molecule has 0 radical (unpaired) electrons. The number of H-pyrrole nitrogens is 1. The van der Waals surface area contributed by atoms with Gasteiger partial charge in [-0.25, -0.2) is 13.8 Å². The van der Waals surface area contributed by atoms with Crippen LogP contribution in [0.2, 0.25) is 0 Å². The maximum atomic E-state index is 13.0. The van der Waals surface area contributed by atoms with Crippen molar-refractivity contribution >= 4 is 16.9 Å². The molecule has 90 valence electrons. The molecule has 0 amide bonds. The summed E-state index contributed by atoms with van der Waals surface area (Å²) in [5.74, 6) is -1.62. The summed E-state index contributed by atoms with van der Waals surface area (Å²) in [6, 6.07) is 4.14. The third kappa shape index (κ3) is 1.45. The number of carboxylic acid groups (broad SMARTS) is 1. The SMILES string of the molecule is O=C(O)c1nonc1-c1c[nH]c2cc(F)ccc12. The monoisotopic (exact) mass is 247 g/mol. The Labute approximate surface area is 99.0 Å². The number of carboxylic acids is 1. The lowest BCUT2D eigenvalue weighted by Crippen LogP contribution is -1.98. The van der Waals surface area contributed by atoms with Crippen LogP contribution < -0.4 is 0 Å². The van der Waals surface area contributed by atoms with Crippen molar-refractivity contribution in [1.82, 2.24) is 15.3 Å². The van der Waals surface area contributed by atoms with Gasteiger partial charge in [-0.3, -0.25) is 0 Å². The second-order valence-electron chi connectivity index (χ2n) is 3.66. The van der Waals surface area contributed by atoms with E-state index in [0.717, 1.165) is 0 Å². The molecule has 0 saturated heterocycles. The molecule has 0 fully saturated rings. The Morgan fingerprint density at radius 3 is 3.00 bits per heavy atom. The Bertz CT molecular complexity index is 747. The number of aromatic nitrogens is 3. The molecule has 18 heavy (non-hydrogen) atoms. The standard InChI is InChI=1S/C11H6FN3O3/c12-5-1-2-6-7(4-13-8(6)3-5)9-10(11(16)17)15-18-14-9/h1-4,13H,(H,16,17). The molecule has 6 nitrogen and oxygen atoms in total. The second kappa shape index (κ2) is 3.66. The summed E-state index contributed by atoms with van der Waals surface area (Å²) in [4.78, 5) is 13.8. The van der Waals surface area contributed by atoms with Gasteiger partial charge in [0.1, 0.15) is 5.82 Å². The smallest absolute Gasteiger partial charge is 0.360 e. The third-order valence-corrected chi connectivity index (χ3v) is 2.59. The van der Waals surface area contributed by atoms with Crippen LogP contribution in [-0.4, -0.2) is 26.4 Å². The first-order valence-electron chi connectivity index (χ1n) is 4.99. The maximum Gasteiger partial charge on any atom is 0.360 e. The summed E-state index contributed by atoms with van der Waals surface area (Å²) >= 11 is 0. The molecular weight excluding hydrogens is 241 g/mol. The molecule has 0 aliphatic heterocycles. The van der Waals surface area contributed by atoms with Crippen LogP contribution in [0.5, 0.6) is 0 Å². The molecule has 0 aliphatic carbocycles. The lowest BCUT2D eigenvalue weighted by atomic mass is 10.1.